The number of esters is 1. The van der Waals surface area contributed by atoms with E-state index in [1.165, 1.54) is 19.1 Å². The van der Waals surface area contributed by atoms with Gasteiger partial charge in [-0.05, 0) is 31.0 Å². The van der Waals surface area contributed by atoms with Crippen LogP contribution in [0.5, 0.6) is 0 Å². The van der Waals surface area contributed by atoms with Crippen LogP contribution in [0.3, 0.4) is 0 Å². The zero-order valence-electron chi connectivity index (χ0n) is 16.1. The molecule has 30 heavy (non-hydrogen) atoms. The molecule has 1 atom stereocenters. The van der Waals surface area contributed by atoms with Gasteiger partial charge in [0.2, 0.25) is 0 Å². The van der Waals surface area contributed by atoms with Gasteiger partial charge in [-0.25, -0.2) is 0 Å². The molecule has 2 N–H and O–H groups in total. The quantitative estimate of drug-likeness (QED) is 0.354. The lowest BCUT2D eigenvalue weighted by Gasteiger charge is -2.14. The average Bonchev–Trinajstić information content (AvgIpc) is 2.72. The summed E-state index contributed by atoms with van der Waals surface area (Å²) < 4.78 is 4.99. The van der Waals surface area contributed by atoms with E-state index in [4.69, 9.17) is 16.3 Å². The molecule has 2 aromatic rings. The number of carbonyl (C=O) groups excluding carboxylic acids is 3. The highest BCUT2D eigenvalue weighted by Gasteiger charge is 2.19. The number of ether oxygens (including phenoxy) is 1. The highest BCUT2D eigenvalue weighted by Crippen LogP contribution is 2.24. The van der Waals surface area contributed by atoms with Gasteiger partial charge in [0.15, 0.2) is 6.10 Å². The van der Waals surface area contributed by atoms with Crippen LogP contribution in [0.4, 0.5) is 5.69 Å². The molecule has 10 heteroatoms. The molecule has 0 spiro atoms. The Kier molecular flexibility index (Phi) is 8.30. The molecule has 9 nitrogen and oxygen atoms in total. The van der Waals surface area contributed by atoms with Crippen molar-refractivity contribution < 1.29 is 24.0 Å². The van der Waals surface area contributed by atoms with Crippen molar-refractivity contribution in [1.29, 1.82) is 0 Å². The van der Waals surface area contributed by atoms with E-state index in [-0.39, 0.29) is 10.6 Å². The molecular formula is C20H20ClN3O6. The van der Waals surface area contributed by atoms with E-state index in [2.05, 4.69) is 10.6 Å². The highest BCUT2D eigenvalue weighted by molar-refractivity contribution is 6.32. The van der Waals surface area contributed by atoms with E-state index < -0.39 is 41.0 Å². The summed E-state index contributed by atoms with van der Waals surface area (Å²) in [5.41, 5.74) is 0.603. The summed E-state index contributed by atoms with van der Waals surface area (Å²) in [7, 11) is 0. The van der Waals surface area contributed by atoms with E-state index in [1.807, 2.05) is 30.3 Å². The number of nitro groups is 1. The van der Waals surface area contributed by atoms with Gasteiger partial charge in [-0.15, -0.1) is 0 Å². The van der Waals surface area contributed by atoms with E-state index >= 15 is 0 Å². The standard InChI is InChI=1S/C20H20ClN3O6/c1-13(19(26)22-10-9-14-5-3-2-4-6-14)30-18(25)12-23-20(27)15-7-8-16(21)17(11-15)24(28)29/h2-8,11,13H,9-10,12H2,1H3,(H,22,26)(H,23,27). The lowest BCUT2D eigenvalue weighted by atomic mass is 10.1. The molecule has 2 amide bonds. The first-order chi connectivity index (χ1) is 14.3. The number of nitrogens with one attached hydrogen (secondary N) is 2. The third-order valence-corrected chi connectivity index (χ3v) is 4.35. The number of amides is 2. The topological polar surface area (TPSA) is 128 Å². The Balaban J connectivity index is 1.76. The molecule has 0 heterocycles. The SMILES string of the molecule is CC(OC(=O)CNC(=O)c1ccc(Cl)c([N+](=O)[O-])c1)C(=O)NCCc1ccccc1. The lowest BCUT2D eigenvalue weighted by molar-refractivity contribution is -0.384. The number of hydrogen-bond donors (Lipinski definition) is 2. The van der Waals surface area contributed by atoms with E-state index in [9.17, 15) is 24.5 Å². The number of nitrogens with zero attached hydrogens (tertiary/aromatic N) is 1. The van der Waals surface area contributed by atoms with Crippen LogP contribution in [-0.4, -0.2) is 41.9 Å². The maximum absolute atomic E-state index is 12.1. The molecule has 0 saturated heterocycles. The van der Waals surface area contributed by atoms with Crippen molar-refractivity contribution in [2.24, 2.45) is 0 Å². The largest absolute Gasteiger partial charge is 0.451 e. The monoisotopic (exact) mass is 433 g/mol. The molecule has 0 aliphatic carbocycles. The van der Waals surface area contributed by atoms with Gasteiger partial charge in [-0.3, -0.25) is 24.5 Å². The summed E-state index contributed by atoms with van der Waals surface area (Å²) in [6, 6.07) is 13.1. The summed E-state index contributed by atoms with van der Waals surface area (Å²) >= 11 is 5.70. The van der Waals surface area contributed by atoms with Crippen LogP contribution >= 0.6 is 11.6 Å². The smallest absolute Gasteiger partial charge is 0.326 e. The first-order valence-electron chi connectivity index (χ1n) is 9.01. The van der Waals surface area contributed by atoms with Crippen molar-refractivity contribution in [1.82, 2.24) is 10.6 Å². The Morgan fingerprint density at radius 2 is 1.83 bits per heavy atom. The number of hydrogen-bond acceptors (Lipinski definition) is 6. The van der Waals surface area contributed by atoms with Gasteiger partial charge >= 0.3 is 5.97 Å². The number of rotatable bonds is 9. The molecule has 0 saturated carbocycles. The van der Waals surface area contributed by atoms with Crippen LogP contribution in [0.1, 0.15) is 22.8 Å². The van der Waals surface area contributed by atoms with Gasteiger partial charge in [0.25, 0.3) is 17.5 Å². The summed E-state index contributed by atoms with van der Waals surface area (Å²) in [5, 5.41) is 15.7. The molecule has 2 rings (SSSR count). The Morgan fingerprint density at radius 1 is 1.13 bits per heavy atom. The number of benzene rings is 2. The van der Waals surface area contributed by atoms with Crippen molar-refractivity contribution in [3.8, 4) is 0 Å². The van der Waals surface area contributed by atoms with Crippen molar-refractivity contribution in [2.75, 3.05) is 13.1 Å². The normalized spacial score (nSPS) is 11.3. The Hall–Kier alpha value is -3.46. The third kappa shape index (κ3) is 6.85. The highest BCUT2D eigenvalue weighted by atomic mass is 35.5. The minimum Gasteiger partial charge on any atom is -0.451 e. The minimum atomic E-state index is -1.04. The lowest BCUT2D eigenvalue weighted by Crippen LogP contribution is -2.39. The summed E-state index contributed by atoms with van der Waals surface area (Å²) in [4.78, 5) is 46.1. The molecule has 2 aromatic carbocycles. The van der Waals surface area contributed by atoms with Crippen molar-refractivity contribution in [3.63, 3.8) is 0 Å². The Bertz CT molecular complexity index is 935. The van der Waals surface area contributed by atoms with E-state index in [1.54, 1.807) is 0 Å². The molecule has 0 fully saturated rings. The minimum absolute atomic E-state index is 0.0365. The molecule has 0 aliphatic heterocycles. The third-order valence-electron chi connectivity index (χ3n) is 4.03. The Morgan fingerprint density at radius 3 is 2.50 bits per heavy atom. The van der Waals surface area contributed by atoms with Crippen LogP contribution in [0.15, 0.2) is 48.5 Å². The second-order valence-corrected chi connectivity index (χ2v) is 6.67. The zero-order valence-corrected chi connectivity index (χ0v) is 16.8. The van der Waals surface area contributed by atoms with Crippen LogP contribution < -0.4 is 10.6 Å². The zero-order chi connectivity index (χ0) is 22.1. The summed E-state index contributed by atoms with van der Waals surface area (Å²) in [6.45, 7) is 1.30. The molecule has 1 unspecified atom stereocenters. The average molecular weight is 434 g/mol. The van der Waals surface area contributed by atoms with Gasteiger partial charge in [0.05, 0.1) is 4.92 Å². The van der Waals surface area contributed by atoms with Gasteiger partial charge in [-0.2, -0.15) is 0 Å². The molecular weight excluding hydrogens is 414 g/mol. The molecule has 0 bridgehead atoms. The predicted molar refractivity (Wildman–Crippen MR) is 109 cm³/mol. The molecule has 0 aliphatic rings. The van der Waals surface area contributed by atoms with Gasteiger partial charge in [0, 0.05) is 18.2 Å². The van der Waals surface area contributed by atoms with E-state index in [0.29, 0.717) is 13.0 Å². The van der Waals surface area contributed by atoms with Crippen LogP contribution in [0, 0.1) is 10.1 Å². The second-order valence-electron chi connectivity index (χ2n) is 6.26. The molecule has 0 aromatic heterocycles. The van der Waals surface area contributed by atoms with Crippen molar-refractivity contribution >= 4 is 35.1 Å². The Labute approximate surface area is 177 Å². The number of halogens is 1. The summed E-state index contributed by atoms with van der Waals surface area (Å²) in [6.07, 6.45) is -0.405. The maximum atomic E-state index is 12.1. The fourth-order valence-electron chi connectivity index (χ4n) is 2.46. The van der Waals surface area contributed by atoms with Crippen molar-refractivity contribution in [2.45, 2.75) is 19.4 Å². The van der Waals surface area contributed by atoms with Crippen molar-refractivity contribution in [3.05, 3.63) is 74.8 Å². The molecule has 158 valence electrons. The van der Waals surface area contributed by atoms with Gasteiger partial charge in [-0.1, -0.05) is 41.9 Å². The fraction of sp³-hybridized carbons (Fsp3) is 0.250. The van der Waals surface area contributed by atoms with Crippen LogP contribution in [0.2, 0.25) is 5.02 Å². The predicted octanol–water partition coefficient (Wildman–Crippen LogP) is 2.27. The van der Waals surface area contributed by atoms with Gasteiger partial charge in [0.1, 0.15) is 11.6 Å². The number of carbonyl (C=O) groups is 3. The van der Waals surface area contributed by atoms with E-state index in [0.717, 1.165) is 11.6 Å². The van der Waals surface area contributed by atoms with Crippen LogP contribution in [0.25, 0.3) is 0 Å². The van der Waals surface area contributed by atoms with Gasteiger partial charge < -0.3 is 15.4 Å². The second kappa shape index (κ2) is 10.9. The first-order valence-corrected chi connectivity index (χ1v) is 9.39. The van der Waals surface area contributed by atoms with Crippen LogP contribution in [-0.2, 0) is 20.7 Å². The maximum Gasteiger partial charge on any atom is 0.326 e. The fourth-order valence-corrected chi connectivity index (χ4v) is 2.65. The summed E-state index contributed by atoms with van der Waals surface area (Å²) in [5.74, 6) is -2.00. The first kappa shape index (κ1) is 22.8. The molecule has 0 radical (unpaired) electrons. The number of nitro benzene ring substituents is 1.